The van der Waals surface area contributed by atoms with Crippen molar-refractivity contribution in [1.29, 1.82) is 0 Å². The van der Waals surface area contributed by atoms with Crippen LogP contribution in [-0.2, 0) is 7.05 Å². The van der Waals surface area contributed by atoms with E-state index in [2.05, 4.69) is 15.2 Å². The molecule has 2 N–H and O–H groups in total. The average Bonchev–Trinajstić information content (AvgIpc) is 2.93. The lowest BCUT2D eigenvalue weighted by molar-refractivity contribution is 0.353. The van der Waals surface area contributed by atoms with E-state index in [0.717, 1.165) is 17.7 Å². The first-order valence-electron chi connectivity index (χ1n) is 5.28. The molecule has 0 amide bonds. The molecule has 0 aromatic carbocycles. The zero-order valence-corrected chi connectivity index (χ0v) is 10.6. The highest BCUT2D eigenvalue weighted by Gasteiger charge is 2.15. The maximum Gasteiger partial charge on any atom is 0.243 e. The summed E-state index contributed by atoms with van der Waals surface area (Å²) in [6.45, 7) is 0. The molecule has 0 aliphatic carbocycles. The van der Waals surface area contributed by atoms with E-state index in [1.54, 1.807) is 22.6 Å². The van der Waals surface area contributed by atoms with Gasteiger partial charge in [-0.2, -0.15) is 21.8 Å². The van der Waals surface area contributed by atoms with Gasteiger partial charge in [0.05, 0.1) is 17.8 Å². The fourth-order valence-corrected chi connectivity index (χ4v) is 1.90. The molecule has 0 spiro atoms. The lowest BCUT2D eigenvalue weighted by Gasteiger charge is -2.03. The fourth-order valence-electron chi connectivity index (χ4n) is 1.41. The van der Waals surface area contributed by atoms with Crippen LogP contribution < -0.4 is 5.73 Å². The summed E-state index contributed by atoms with van der Waals surface area (Å²) >= 11 is 1.75. The molecular weight excluding hydrogens is 238 g/mol. The molecule has 92 valence electrons. The number of hydrogen-bond donors (Lipinski definition) is 1. The minimum atomic E-state index is -0.194. The Bertz CT molecular complexity index is 481. The van der Waals surface area contributed by atoms with Gasteiger partial charge in [-0.05, 0) is 18.4 Å². The van der Waals surface area contributed by atoms with E-state index in [1.807, 2.05) is 19.5 Å². The van der Waals surface area contributed by atoms with Crippen LogP contribution in [0.15, 0.2) is 16.9 Å². The number of nitrogens with two attached hydrogens (primary N) is 1. The van der Waals surface area contributed by atoms with Crippen molar-refractivity contribution < 1.29 is 4.52 Å². The van der Waals surface area contributed by atoms with Crippen LogP contribution in [0.3, 0.4) is 0 Å². The molecule has 2 heterocycles. The molecular formula is C10H15N5OS. The smallest absolute Gasteiger partial charge is 0.243 e. The summed E-state index contributed by atoms with van der Waals surface area (Å²) in [6, 6.07) is -0.194. The normalized spacial score (nSPS) is 12.9. The van der Waals surface area contributed by atoms with Gasteiger partial charge in [0.25, 0.3) is 0 Å². The van der Waals surface area contributed by atoms with Gasteiger partial charge in [-0.1, -0.05) is 5.16 Å². The van der Waals surface area contributed by atoms with Crippen LogP contribution in [0.5, 0.6) is 0 Å². The molecule has 6 nitrogen and oxygen atoms in total. The second kappa shape index (κ2) is 5.33. The monoisotopic (exact) mass is 253 g/mol. The van der Waals surface area contributed by atoms with Gasteiger partial charge in [0.1, 0.15) is 0 Å². The zero-order chi connectivity index (χ0) is 12.3. The SMILES string of the molecule is CSCCC(N)c1nc(-c2cnn(C)c2)no1. The first-order chi connectivity index (χ1) is 8.20. The molecule has 17 heavy (non-hydrogen) atoms. The molecule has 0 aliphatic heterocycles. The Morgan fingerprint density at radius 1 is 1.59 bits per heavy atom. The number of thioether (sulfide) groups is 1. The summed E-state index contributed by atoms with van der Waals surface area (Å²) in [6.07, 6.45) is 6.40. The lowest BCUT2D eigenvalue weighted by Crippen LogP contribution is -2.11. The van der Waals surface area contributed by atoms with Crippen molar-refractivity contribution in [3.63, 3.8) is 0 Å². The van der Waals surface area contributed by atoms with E-state index in [9.17, 15) is 0 Å². The molecule has 1 atom stereocenters. The standard InChI is InChI=1S/C10H15N5OS/c1-15-6-7(5-12-15)9-13-10(16-14-9)8(11)3-4-17-2/h5-6,8H,3-4,11H2,1-2H3. The Morgan fingerprint density at radius 3 is 3.06 bits per heavy atom. The molecule has 0 saturated carbocycles. The van der Waals surface area contributed by atoms with Gasteiger partial charge in [-0.15, -0.1) is 0 Å². The van der Waals surface area contributed by atoms with Crippen molar-refractivity contribution in [1.82, 2.24) is 19.9 Å². The first kappa shape index (κ1) is 12.1. The Morgan fingerprint density at radius 2 is 2.41 bits per heavy atom. The molecule has 0 saturated heterocycles. The Balaban J connectivity index is 2.10. The van der Waals surface area contributed by atoms with Gasteiger partial charge in [0.2, 0.25) is 11.7 Å². The second-order valence-corrected chi connectivity index (χ2v) is 4.73. The van der Waals surface area contributed by atoms with Crippen molar-refractivity contribution in [3.8, 4) is 11.4 Å². The molecule has 1 unspecified atom stereocenters. The third-order valence-electron chi connectivity index (χ3n) is 2.35. The molecule has 7 heteroatoms. The zero-order valence-electron chi connectivity index (χ0n) is 9.83. The first-order valence-corrected chi connectivity index (χ1v) is 6.67. The number of hydrogen-bond acceptors (Lipinski definition) is 6. The van der Waals surface area contributed by atoms with Crippen molar-refractivity contribution >= 4 is 11.8 Å². The predicted molar refractivity (Wildman–Crippen MR) is 66.4 cm³/mol. The maximum atomic E-state index is 5.95. The highest BCUT2D eigenvalue weighted by Crippen LogP contribution is 2.19. The van der Waals surface area contributed by atoms with Crippen LogP contribution in [0.2, 0.25) is 0 Å². The summed E-state index contributed by atoms with van der Waals surface area (Å²) < 4.78 is 6.85. The van der Waals surface area contributed by atoms with Crippen molar-refractivity contribution in [2.24, 2.45) is 12.8 Å². The van der Waals surface area contributed by atoms with Gasteiger partial charge in [0, 0.05) is 13.2 Å². The number of aromatic nitrogens is 4. The largest absolute Gasteiger partial charge is 0.337 e. The van der Waals surface area contributed by atoms with Gasteiger partial charge < -0.3 is 10.3 Å². The van der Waals surface area contributed by atoms with Crippen LogP contribution in [0.25, 0.3) is 11.4 Å². The van der Waals surface area contributed by atoms with Gasteiger partial charge in [-0.3, -0.25) is 4.68 Å². The predicted octanol–water partition coefficient (Wildman–Crippen LogP) is 1.22. The summed E-state index contributed by atoms with van der Waals surface area (Å²) in [5, 5.41) is 7.96. The van der Waals surface area contributed by atoms with Crippen molar-refractivity contribution in [2.75, 3.05) is 12.0 Å². The Labute approximate surface area is 104 Å². The van der Waals surface area contributed by atoms with Crippen molar-refractivity contribution in [2.45, 2.75) is 12.5 Å². The second-order valence-electron chi connectivity index (χ2n) is 3.75. The van der Waals surface area contributed by atoms with Gasteiger partial charge >= 0.3 is 0 Å². The van der Waals surface area contributed by atoms with E-state index in [-0.39, 0.29) is 6.04 Å². The molecule has 0 bridgehead atoms. The molecule has 0 fully saturated rings. The summed E-state index contributed by atoms with van der Waals surface area (Å²) in [5.74, 6) is 2.00. The fraction of sp³-hybridized carbons (Fsp3) is 0.500. The van der Waals surface area contributed by atoms with Crippen LogP contribution in [-0.4, -0.2) is 31.9 Å². The molecule has 0 radical (unpaired) electrons. The highest BCUT2D eigenvalue weighted by molar-refractivity contribution is 7.98. The highest BCUT2D eigenvalue weighted by atomic mass is 32.2. The van der Waals surface area contributed by atoms with Crippen LogP contribution in [0.4, 0.5) is 0 Å². The van der Waals surface area contributed by atoms with E-state index in [0.29, 0.717) is 11.7 Å². The third-order valence-corrected chi connectivity index (χ3v) is 3.00. The van der Waals surface area contributed by atoms with E-state index < -0.39 is 0 Å². The number of aryl methyl sites for hydroxylation is 1. The van der Waals surface area contributed by atoms with Gasteiger partial charge in [-0.25, -0.2) is 0 Å². The third kappa shape index (κ3) is 2.86. The van der Waals surface area contributed by atoms with Crippen LogP contribution in [0, 0.1) is 0 Å². The molecule has 0 aliphatic rings. The van der Waals surface area contributed by atoms with Crippen molar-refractivity contribution in [3.05, 3.63) is 18.3 Å². The maximum absolute atomic E-state index is 5.95. The van der Waals surface area contributed by atoms with E-state index in [4.69, 9.17) is 10.3 Å². The molecule has 2 aromatic heterocycles. The van der Waals surface area contributed by atoms with Crippen LogP contribution in [0.1, 0.15) is 18.4 Å². The Kier molecular flexibility index (Phi) is 3.80. The quantitative estimate of drug-likeness (QED) is 0.862. The van der Waals surface area contributed by atoms with E-state index >= 15 is 0 Å². The Hall–Kier alpha value is -1.34. The summed E-state index contributed by atoms with van der Waals surface area (Å²) in [7, 11) is 1.84. The minimum absolute atomic E-state index is 0.194. The van der Waals surface area contributed by atoms with Gasteiger partial charge in [0.15, 0.2) is 0 Å². The summed E-state index contributed by atoms with van der Waals surface area (Å²) in [4.78, 5) is 4.28. The molecule has 2 aromatic rings. The lowest BCUT2D eigenvalue weighted by atomic mass is 10.2. The average molecular weight is 253 g/mol. The minimum Gasteiger partial charge on any atom is -0.337 e. The van der Waals surface area contributed by atoms with Crippen LogP contribution >= 0.6 is 11.8 Å². The summed E-state index contributed by atoms with van der Waals surface area (Å²) in [5.41, 5.74) is 6.78. The molecule has 2 rings (SSSR count). The topological polar surface area (TPSA) is 82.8 Å². The van der Waals surface area contributed by atoms with E-state index in [1.165, 1.54) is 0 Å². The number of rotatable bonds is 5. The number of nitrogens with zero attached hydrogens (tertiary/aromatic N) is 4.